The van der Waals surface area contributed by atoms with Crippen LogP contribution in [0.3, 0.4) is 0 Å². The summed E-state index contributed by atoms with van der Waals surface area (Å²) >= 11 is 3.13. The molecule has 0 saturated heterocycles. The number of benzene rings is 1. The van der Waals surface area contributed by atoms with Crippen LogP contribution in [0.15, 0.2) is 27.6 Å². The first-order chi connectivity index (χ1) is 8.55. The van der Waals surface area contributed by atoms with Crippen LogP contribution < -0.4 is 10.5 Å². The van der Waals surface area contributed by atoms with E-state index in [1.165, 1.54) is 18.2 Å². The summed E-state index contributed by atoms with van der Waals surface area (Å²) in [6.07, 6.45) is 5.27. The molecule has 0 fully saturated rings. The van der Waals surface area contributed by atoms with Crippen molar-refractivity contribution in [2.75, 3.05) is 0 Å². The van der Waals surface area contributed by atoms with Crippen LogP contribution in [0.2, 0.25) is 0 Å². The topological polar surface area (TPSA) is 89.3 Å². The van der Waals surface area contributed by atoms with Crippen molar-refractivity contribution >= 4 is 31.9 Å². The minimum absolute atomic E-state index is 0.148. The van der Waals surface area contributed by atoms with Crippen LogP contribution in [0, 0.1) is 12.3 Å². The molecule has 0 atom stereocenters. The molecule has 1 amide bonds. The van der Waals surface area contributed by atoms with Crippen LogP contribution in [-0.4, -0.2) is 19.9 Å². The highest BCUT2D eigenvalue weighted by atomic mass is 79.9. The number of halogens is 1. The summed E-state index contributed by atoms with van der Waals surface area (Å²) in [5, 5.41) is 7.63. The summed E-state index contributed by atoms with van der Waals surface area (Å²) in [5.41, 5.74) is -0.678. The van der Waals surface area contributed by atoms with E-state index >= 15 is 0 Å². The molecule has 7 heteroatoms. The highest BCUT2D eigenvalue weighted by Crippen LogP contribution is 2.19. The SMILES string of the molecule is C#CC(C)(C)NC(=O)c1cc(Br)cc(S(N)(=O)=O)c1. The molecule has 1 aromatic carbocycles. The number of sulfonamides is 1. The molecule has 0 aromatic heterocycles. The second-order valence-electron chi connectivity index (χ2n) is 4.44. The van der Waals surface area contributed by atoms with Crippen molar-refractivity contribution in [3.63, 3.8) is 0 Å². The quantitative estimate of drug-likeness (QED) is 0.808. The third-order valence-electron chi connectivity index (χ3n) is 2.25. The second-order valence-corrected chi connectivity index (χ2v) is 6.92. The maximum atomic E-state index is 12.0. The zero-order valence-electron chi connectivity index (χ0n) is 10.4. The molecule has 0 aliphatic rings. The van der Waals surface area contributed by atoms with E-state index in [1.807, 2.05) is 0 Å². The number of carbonyl (C=O) groups excluding carboxylic acids is 1. The maximum Gasteiger partial charge on any atom is 0.252 e. The second kappa shape index (κ2) is 5.33. The molecule has 0 radical (unpaired) electrons. The molecule has 0 spiro atoms. The van der Waals surface area contributed by atoms with Gasteiger partial charge in [0.25, 0.3) is 5.91 Å². The third kappa shape index (κ3) is 4.35. The fourth-order valence-electron chi connectivity index (χ4n) is 1.25. The number of primary sulfonamides is 1. The monoisotopic (exact) mass is 344 g/mol. The fourth-order valence-corrected chi connectivity index (χ4v) is 2.48. The number of carbonyl (C=O) groups is 1. The number of hydrogen-bond acceptors (Lipinski definition) is 3. The van der Waals surface area contributed by atoms with Gasteiger partial charge in [0.15, 0.2) is 0 Å². The standard InChI is InChI=1S/C12H13BrN2O3S/c1-4-12(2,3)15-11(16)8-5-9(13)7-10(6-8)19(14,17)18/h1,5-7H,2-3H3,(H,15,16)(H2,14,17,18). The molecule has 3 N–H and O–H groups in total. The van der Waals surface area contributed by atoms with Gasteiger partial charge in [-0.05, 0) is 32.0 Å². The van der Waals surface area contributed by atoms with E-state index in [-0.39, 0.29) is 10.5 Å². The van der Waals surface area contributed by atoms with Crippen LogP contribution in [0.4, 0.5) is 0 Å². The van der Waals surface area contributed by atoms with Crippen molar-refractivity contribution in [3.05, 3.63) is 28.2 Å². The maximum absolute atomic E-state index is 12.0. The molecule has 0 bridgehead atoms. The van der Waals surface area contributed by atoms with E-state index in [0.717, 1.165) is 0 Å². The lowest BCUT2D eigenvalue weighted by atomic mass is 10.1. The summed E-state index contributed by atoms with van der Waals surface area (Å²) < 4.78 is 23.0. The van der Waals surface area contributed by atoms with Crippen LogP contribution in [0.1, 0.15) is 24.2 Å². The summed E-state index contributed by atoms with van der Waals surface area (Å²) in [6, 6.07) is 4.00. The molecular formula is C12H13BrN2O3S. The van der Waals surface area contributed by atoms with Crippen molar-refractivity contribution in [2.45, 2.75) is 24.3 Å². The van der Waals surface area contributed by atoms with Gasteiger partial charge in [0, 0.05) is 10.0 Å². The van der Waals surface area contributed by atoms with E-state index < -0.39 is 21.5 Å². The van der Waals surface area contributed by atoms with E-state index in [1.54, 1.807) is 13.8 Å². The zero-order chi connectivity index (χ0) is 14.8. The molecular weight excluding hydrogens is 332 g/mol. The van der Waals surface area contributed by atoms with Gasteiger partial charge in [0.1, 0.15) is 0 Å². The Morgan fingerprint density at radius 2 is 2.00 bits per heavy atom. The minimum atomic E-state index is -3.88. The normalized spacial score (nSPS) is 11.7. The molecule has 0 saturated carbocycles. The van der Waals surface area contributed by atoms with Crippen molar-refractivity contribution in [2.24, 2.45) is 5.14 Å². The Hall–Kier alpha value is -1.36. The molecule has 0 heterocycles. The number of terminal acetylenes is 1. The molecule has 5 nitrogen and oxygen atoms in total. The van der Waals surface area contributed by atoms with Crippen molar-refractivity contribution in [3.8, 4) is 12.3 Å². The number of rotatable bonds is 3. The summed E-state index contributed by atoms with van der Waals surface area (Å²) in [4.78, 5) is 11.8. The number of amides is 1. The number of nitrogens with one attached hydrogen (secondary N) is 1. The predicted octanol–water partition coefficient (Wildman–Crippen LogP) is 1.24. The molecule has 0 unspecified atom stereocenters. The Bertz CT molecular complexity index is 660. The summed E-state index contributed by atoms with van der Waals surface area (Å²) in [7, 11) is -3.88. The van der Waals surface area contributed by atoms with Crippen LogP contribution in [0.25, 0.3) is 0 Å². The lowest BCUT2D eigenvalue weighted by Crippen LogP contribution is -2.42. The predicted molar refractivity (Wildman–Crippen MR) is 75.9 cm³/mol. The smallest absolute Gasteiger partial charge is 0.252 e. The fraction of sp³-hybridized carbons (Fsp3) is 0.250. The summed E-state index contributed by atoms with van der Waals surface area (Å²) in [6.45, 7) is 3.31. The molecule has 0 aliphatic carbocycles. The van der Waals surface area contributed by atoms with Gasteiger partial charge < -0.3 is 5.32 Å². The third-order valence-corrected chi connectivity index (χ3v) is 3.60. The van der Waals surface area contributed by atoms with E-state index in [2.05, 4.69) is 27.2 Å². The Kier molecular flexibility index (Phi) is 4.40. The van der Waals surface area contributed by atoms with Gasteiger partial charge in [-0.1, -0.05) is 21.9 Å². The van der Waals surface area contributed by atoms with Crippen LogP contribution >= 0.6 is 15.9 Å². The largest absolute Gasteiger partial charge is 0.336 e. The van der Waals surface area contributed by atoms with Crippen molar-refractivity contribution < 1.29 is 13.2 Å². The lowest BCUT2D eigenvalue weighted by molar-refractivity contribution is 0.0929. The highest BCUT2D eigenvalue weighted by molar-refractivity contribution is 9.10. The average Bonchev–Trinajstić information content (AvgIpc) is 2.26. The zero-order valence-corrected chi connectivity index (χ0v) is 12.8. The van der Waals surface area contributed by atoms with Crippen LogP contribution in [0.5, 0.6) is 0 Å². The first-order valence-electron chi connectivity index (χ1n) is 5.19. The molecule has 1 rings (SSSR count). The van der Waals surface area contributed by atoms with Crippen LogP contribution in [-0.2, 0) is 10.0 Å². The first-order valence-corrected chi connectivity index (χ1v) is 7.53. The van der Waals surface area contributed by atoms with Gasteiger partial charge in [0.2, 0.25) is 10.0 Å². The van der Waals surface area contributed by atoms with Gasteiger partial charge in [0.05, 0.1) is 10.4 Å². The molecule has 19 heavy (non-hydrogen) atoms. The highest BCUT2D eigenvalue weighted by Gasteiger charge is 2.20. The van der Waals surface area contributed by atoms with E-state index in [0.29, 0.717) is 4.47 Å². The number of hydrogen-bond donors (Lipinski definition) is 2. The average molecular weight is 345 g/mol. The Labute approximate surface area is 120 Å². The molecule has 0 aliphatic heterocycles. The van der Waals surface area contributed by atoms with Gasteiger partial charge in [-0.25, -0.2) is 13.6 Å². The van der Waals surface area contributed by atoms with Gasteiger partial charge in [-0.2, -0.15) is 0 Å². The lowest BCUT2D eigenvalue weighted by Gasteiger charge is -2.19. The van der Waals surface area contributed by atoms with Gasteiger partial charge in [-0.15, -0.1) is 6.42 Å². The Morgan fingerprint density at radius 3 is 2.47 bits per heavy atom. The number of nitrogens with two attached hydrogens (primary N) is 1. The summed E-state index contributed by atoms with van der Waals surface area (Å²) in [5.74, 6) is 1.94. The minimum Gasteiger partial charge on any atom is -0.336 e. The Morgan fingerprint density at radius 1 is 1.42 bits per heavy atom. The van der Waals surface area contributed by atoms with Gasteiger partial charge in [-0.3, -0.25) is 4.79 Å². The van der Waals surface area contributed by atoms with E-state index in [4.69, 9.17) is 11.6 Å². The first kappa shape index (κ1) is 15.7. The molecule has 102 valence electrons. The van der Waals surface area contributed by atoms with Gasteiger partial charge >= 0.3 is 0 Å². The Balaban J connectivity index is 3.20. The van der Waals surface area contributed by atoms with Crippen molar-refractivity contribution in [1.82, 2.24) is 5.32 Å². The molecule has 1 aromatic rings. The van der Waals surface area contributed by atoms with Crippen molar-refractivity contribution in [1.29, 1.82) is 0 Å². The van der Waals surface area contributed by atoms with E-state index in [9.17, 15) is 13.2 Å².